The third kappa shape index (κ3) is 8.29. The van der Waals surface area contributed by atoms with Gasteiger partial charge in [-0.1, -0.05) is 66.2 Å². The van der Waals surface area contributed by atoms with E-state index in [4.69, 9.17) is 31.9 Å². The zero-order chi connectivity index (χ0) is 28.1. The Bertz CT molecular complexity index is 1320. The van der Waals surface area contributed by atoms with Crippen molar-refractivity contribution in [3.05, 3.63) is 82.9 Å². The van der Waals surface area contributed by atoms with Crippen molar-refractivity contribution in [1.82, 2.24) is 0 Å². The van der Waals surface area contributed by atoms with Gasteiger partial charge < -0.3 is 25.6 Å². The molecule has 5 N–H and O–H groups in total. The lowest BCUT2D eigenvalue weighted by atomic mass is 10.0. The molecule has 8 nitrogen and oxygen atoms in total. The first kappa shape index (κ1) is 29.6. The molecule has 0 saturated carbocycles. The topological polar surface area (TPSA) is 131 Å². The molecule has 3 aromatic carbocycles. The number of amides is 1. The summed E-state index contributed by atoms with van der Waals surface area (Å²) in [6, 6.07) is 18.9. The average molecular weight is 573 g/mol. The maximum absolute atomic E-state index is 13.8. The fourth-order valence-electron chi connectivity index (χ4n) is 3.35. The molecule has 204 valence electrons. The minimum atomic E-state index is -4.93. The molecule has 1 amide bonds. The predicted molar refractivity (Wildman–Crippen MR) is 137 cm³/mol. The van der Waals surface area contributed by atoms with Gasteiger partial charge in [0.1, 0.15) is 16.9 Å². The highest BCUT2D eigenvalue weighted by molar-refractivity contribution is 7.46. The third-order valence-corrected chi connectivity index (χ3v) is 6.10. The fraction of sp³-hybridized carbons (Fsp3) is 0.240. The summed E-state index contributed by atoms with van der Waals surface area (Å²) in [6.07, 6.45) is -4.56. The number of benzene rings is 3. The van der Waals surface area contributed by atoms with E-state index in [0.29, 0.717) is 12.5 Å². The van der Waals surface area contributed by atoms with Crippen molar-refractivity contribution < 1.29 is 41.6 Å². The van der Waals surface area contributed by atoms with E-state index in [1.54, 1.807) is 0 Å². The number of hydrogen-bond acceptors (Lipinski definition) is 5. The Balaban J connectivity index is 1.71. The molecule has 0 aliphatic heterocycles. The zero-order valence-electron chi connectivity index (χ0n) is 20.0. The van der Waals surface area contributed by atoms with E-state index < -0.39 is 48.4 Å². The summed E-state index contributed by atoms with van der Waals surface area (Å²) < 4.78 is 61.9. The molecule has 0 unspecified atom stereocenters. The normalized spacial score (nSPS) is 13.6. The van der Waals surface area contributed by atoms with Crippen LogP contribution in [0, 0.1) is 0 Å². The van der Waals surface area contributed by atoms with Gasteiger partial charge in [0.15, 0.2) is 0 Å². The third-order valence-electron chi connectivity index (χ3n) is 5.36. The Labute approximate surface area is 221 Å². The van der Waals surface area contributed by atoms with Crippen molar-refractivity contribution >= 4 is 31.0 Å². The van der Waals surface area contributed by atoms with Gasteiger partial charge in [-0.2, -0.15) is 13.2 Å². The van der Waals surface area contributed by atoms with Gasteiger partial charge in [0.25, 0.3) is 0 Å². The molecule has 3 rings (SSSR count). The number of anilines is 1. The number of ether oxygens (including phenoxy) is 1. The number of phosphoric acid groups is 1. The van der Waals surface area contributed by atoms with E-state index in [1.807, 2.05) is 54.6 Å². The molecule has 0 spiro atoms. The minimum absolute atomic E-state index is 0.0974. The van der Waals surface area contributed by atoms with Crippen molar-refractivity contribution in [2.24, 2.45) is 5.73 Å². The Kier molecular flexibility index (Phi) is 9.25. The van der Waals surface area contributed by atoms with Gasteiger partial charge in [-0.15, -0.1) is 0 Å². The van der Waals surface area contributed by atoms with Gasteiger partial charge in [0.2, 0.25) is 5.91 Å². The first-order chi connectivity index (χ1) is 17.7. The Morgan fingerprint density at radius 2 is 1.66 bits per heavy atom. The first-order valence-electron chi connectivity index (χ1n) is 11.1. The summed E-state index contributed by atoms with van der Waals surface area (Å²) >= 11 is 6.09. The number of nitrogens with two attached hydrogens (primary N) is 1. The molecule has 1 atom stereocenters. The summed E-state index contributed by atoms with van der Waals surface area (Å²) in [5, 5.41) is 1.76. The summed E-state index contributed by atoms with van der Waals surface area (Å²) in [6.45, 7) is 0.102. The van der Waals surface area contributed by atoms with Gasteiger partial charge in [-0.3, -0.25) is 9.32 Å². The Morgan fingerprint density at radius 1 is 1.05 bits per heavy atom. The molecule has 0 aliphatic rings. The molecule has 0 aromatic heterocycles. The lowest BCUT2D eigenvalue weighted by Gasteiger charge is -2.24. The van der Waals surface area contributed by atoms with Gasteiger partial charge >= 0.3 is 14.0 Å². The van der Waals surface area contributed by atoms with Crippen LogP contribution in [0.1, 0.15) is 18.1 Å². The summed E-state index contributed by atoms with van der Waals surface area (Å²) in [7, 11) is -4.93. The van der Waals surface area contributed by atoms with Crippen molar-refractivity contribution in [2.45, 2.75) is 25.1 Å². The highest BCUT2D eigenvalue weighted by atomic mass is 35.5. The average Bonchev–Trinajstić information content (AvgIpc) is 2.84. The Morgan fingerprint density at radius 3 is 2.24 bits per heavy atom. The van der Waals surface area contributed by atoms with E-state index in [2.05, 4.69) is 9.84 Å². The lowest BCUT2D eigenvalue weighted by Crippen LogP contribution is -2.52. The summed E-state index contributed by atoms with van der Waals surface area (Å²) in [5.74, 6) is -1.65. The van der Waals surface area contributed by atoms with Gasteiger partial charge in [-0.25, -0.2) is 4.57 Å². The van der Waals surface area contributed by atoms with Gasteiger partial charge in [0.05, 0.1) is 18.2 Å². The lowest BCUT2D eigenvalue weighted by molar-refractivity contribution is -0.139. The largest absolute Gasteiger partial charge is 0.491 e. The van der Waals surface area contributed by atoms with Crippen LogP contribution in [0.4, 0.5) is 18.9 Å². The number of carbonyl (C=O) groups excluding carboxylic acids is 1. The first-order valence-corrected chi connectivity index (χ1v) is 13.0. The molecule has 0 saturated heterocycles. The highest BCUT2D eigenvalue weighted by Gasteiger charge is 2.37. The maximum Gasteiger partial charge on any atom is 0.469 e. The summed E-state index contributed by atoms with van der Waals surface area (Å²) in [4.78, 5) is 30.0. The van der Waals surface area contributed by atoms with Crippen LogP contribution >= 0.6 is 19.4 Å². The molecule has 13 heteroatoms. The smallest absolute Gasteiger partial charge is 0.469 e. The van der Waals surface area contributed by atoms with E-state index in [-0.39, 0.29) is 12.3 Å². The van der Waals surface area contributed by atoms with Gasteiger partial charge in [0, 0.05) is 12.1 Å². The molecular weight excluding hydrogens is 548 g/mol. The molecule has 0 radical (unpaired) electrons. The van der Waals surface area contributed by atoms with Crippen LogP contribution in [0.2, 0.25) is 5.02 Å². The second-order valence-electron chi connectivity index (χ2n) is 8.63. The predicted octanol–water partition coefficient (Wildman–Crippen LogP) is 5.41. The number of phosphoric ester groups is 1. The SMILES string of the molecule is C[C@](N)(COP(=O)(O)O)C(=O)Nc1cc(Cl)c(OCCc2ccc(-c3ccccc3)cc2)c(C(F)(F)F)c1. The number of nitrogens with one attached hydrogen (secondary N) is 1. The van der Waals surface area contributed by atoms with Crippen LogP contribution in [-0.2, 0) is 26.5 Å². The molecule has 38 heavy (non-hydrogen) atoms. The highest BCUT2D eigenvalue weighted by Crippen LogP contribution is 2.43. The summed E-state index contributed by atoms with van der Waals surface area (Å²) in [5.41, 5.74) is 5.05. The van der Waals surface area contributed by atoms with Crippen molar-refractivity contribution in [1.29, 1.82) is 0 Å². The van der Waals surface area contributed by atoms with Crippen LogP contribution in [0.25, 0.3) is 11.1 Å². The van der Waals surface area contributed by atoms with Crippen LogP contribution in [0.3, 0.4) is 0 Å². The number of rotatable bonds is 10. The number of hydrogen-bond donors (Lipinski definition) is 4. The van der Waals surface area contributed by atoms with E-state index in [0.717, 1.165) is 29.7 Å². The van der Waals surface area contributed by atoms with Crippen LogP contribution < -0.4 is 15.8 Å². The monoisotopic (exact) mass is 572 g/mol. The quantitative estimate of drug-likeness (QED) is 0.239. The molecule has 0 heterocycles. The van der Waals surface area contributed by atoms with Gasteiger partial charge in [-0.05, 0) is 35.7 Å². The van der Waals surface area contributed by atoms with E-state index in [9.17, 15) is 22.5 Å². The molecular formula is C25H25ClF3N2O6P. The molecule has 3 aromatic rings. The Hall–Kier alpha value is -2.92. The van der Waals surface area contributed by atoms with Crippen molar-refractivity contribution in [2.75, 3.05) is 18.5 Å². The van der Waals surface area contributed by atoms with Crippen LogP contribution in [-0.4, -0.2) is 34.4 Å². The van der Waals surface area contributed by atoms with Crippen molar-refractivity contribution in [3.8, 4) is 16.9 Å². The second-order valence-corrected chi connectivity index (χ2v) is 10.3. The second kappa shape index (κ2) is 11.9. The fourth-order valence-corrected chi connectivity index (χ4v) is 4.06. The maximum atomic E-state index is 13.8. The number of halogens is 4. The minimum Gasteiger partial charge on any atom is -0.491 e. The standard InChI is InChI=1S/C25H25ClF3N2O6P/c1-24(30,15-37-38(33,34)35)23(32)31-19-13-20(25(27,28)29)22(21(26)14-19)36-12-11-16-7-9-18(10-8-16)17-5-3-2-4-6-17/h2-10,13-14H,11-12,15,30H2,1H3,(H,31,32)(H2,33,34,35)/t24-/m0/s1. The van der Waals surface area contributed by atoms with Crippen molar-refractivity contribution in [3.63, 3.8) is 0 Å². The van der Waals surface area contributed by atoms with E-state index >= 15 is 0 Å². The molecule has 0 fully saturated rings. The number of alkyl halides is 3. The molecule has 0 aliphatic carbocycles. The zero-order valence-corrected chi connectivity index (χ0v) is 21.7. The van der Waals surface area contributed by atoms with E-state index in [1.165, 1.54) is 0 Å². The molecule has 0 bridgehead atoms. The van der Waals surface area contributed by atoms with Crippen LogP contribution in [0.15, 0.2) is 66.7 Å². The number of carbonyl (C=O) groups is 1. The van der Waals surface area contributed by atoms with Crippen LogP contribution in [0.5, 0.6) is 5.75 Å².